The zero-order valence-electron chi connectivity index (χ0n) is 19.4. The van der Waals surface area contributed by atoms with Crippen LogP contribution in [-0.4, -0.2) is 69.6 Å². The standard InChI is InChI=1S/C24H29N7O4/c32-22(29-34)18-11-26-24(27-12-18)30-9-6-16(7-10-30)15-35-23(33)20-5-1-3-17-14-31(28-21(17)20)19-4-2-8-25-13-19/h1,3,5,11-12,14,16,19,25,34H,2,4,6-10,13,15H2,(H,29,32). The van der Waals surface area contributed by atoms with E-state index in [0.717, 1.165) is 57.2 Å². The van der Waals surface area contributed by atoms with Gasteiger partial charge in [0.15, 0.2) is 0 Å². The highest BCUT2D eigenvalue weighted by Crippen LogP contribution is 2.24. The third kappa shape index (κ3) is 5.10. The molecule has 1 atom stereocenters. The van der Waals surface area contributed by atoms with Crippen LogP contribution in [0.3, 0.4) is 0 Å². The molecule has 2 aromatic heterocycles. The number of carbonyl (C=O) groups is 2. The van der Waals surface area contributed by atoms with Gasteiger partial charge < -0.3 is 15.0 Å². The minimum Gasteiger partial charge on any atom is -0.462 e. The number of hydroxylamine groups is 1. The summed E-state index contributed by atoms with van der Waals surface area (Å²) in [6, 6.07) is 5.93. The first kappa shape index (κ1) is 23.2. The summed E-state index contributed by atoms with van der Waals surface area (Å²) in [4.78, 5) is 34.8. The normalized spacial score (nSPS) is 19.0. The number of piperidine rings is 2. The molecule has 0 bridgehead atoms. The van der Waals surface area contributed by atoms with E-state index >= 15 is 0 Å². The summed E-state index contributed by atoms with van der Waals surface area (Å²) in [5.74, 6) is -0.207. The molecular formula is C24H29N7O4. The molecule has 1 aromatic carbocycles. The van der Waals surface area contributed by atoms with Crippen molar-refractivity contribution in [2.75, 3.05) is 37.7 Å². The first-order valence-electron chi connectivity index (χ1n) is 12.0. The van der Waals surface area contributed by atoms with Crippen LogP contribution in [0.5, 0.6) is 0 Å². The van der Waals surface area contributed by atoms with E-state index in [0.29, 0.717) is 29.7 Å². The Bertz CT molecular complexity index is 1180. The van der Waals surface area contributed by atoms with Crippen molar-refractivity contribution in [1.29, 1.82) is 0 Å². The zero-order valence-corrected chi connectivity index (χ0v) is 19.4. The second-order valence-electron chi connectivity index (χ2n) is 9.09. The van der Waals surface area contributed by atoms with Crippen LogP contribution in [0.1, 0.15) is 52.4 Å². The van der Waals surface area contributed by atoms with E-state index in [-0.39, 0.29) is 17.5 Å². The number of carbonyl (C=O) groups excluding carboxylic acids is 2. The predicted octanol–water partition coefficient (Wildman–Crippen LogP) is 1.94. The molecule has 0 radical (unpaired) electrons. The Balaban J connectivity index is 1.16. The fourth-order valence-corrected chi connectivity index (χ4v) is 4.71. The van der Waals surface area contributed by atoms with Gasteiger partial charge in [-0.15, -0.1) is 0 Å². The van der Waals surface area contributed by atoms with E-state index < -0.39 is 5.91 Å². The largest absolute Gasteiger partial charge is 0.462 e. The summed E-state index contributed by atoms with van der Waals surface area (Å²) in [7, 11) is 0. The number of hydrogen-bond donors (Lipinski definition) is 3. The van der Waals surface area contributed by atoms with E-state index in [2.05, 4.69) is 15.3 Å². The van der Waals surface area contributed by atoms with Crippen molar-refractivity contribution in [1.82, 2.24) is 30.5 Å². The quantitative estimate of drug-likeness (QED) is 0.275. The summed E-state index contributed by atoms with van der Waals surface area (Å²) in [6.45, 7) is 3.73. The summed E-state index contributed by atoms with van der Waals surface area (Å²) in [5, 5.41) is 17.8. The van der Waals surface area contributed by atoms with Crippen LogP contribution in [-0.2, 0) is 4.74 Å². The van der Waals surface area contributed by atoms with Gasteiger partial charge in [-0.2, -0.15) is 5.10 Å². The highest BCUT2D eigenvalue weighted by molar-refractivity contribution is 6.02. The molecule has 0 spiro atoms. The van der Waals surface area contributed by atoms with Crippen LogP contribution in [0.25, 0.3) is 10.9 Å². The van der Waals surface area contributed by atoms with Crippen LogP contribution < -0.4 is 15.7 Å². The molecule has 4 heterocycles. The van der Waals surface area contributed by atoms with E-state index in [1.165, 1.54) is 12.4 Å². The number of nitrogens with one attached hydrogen (secondary N) is 2. The monoisotopic (exact) mass is 479 g/mol. The second kappa shape index (κ2) is 10.4. The third-order valence-electron chi connectivity index (χ3n) is 6.77. The molecule has 3 aromatic rings. The molecule has 1 unspecified atom stereocenters. The van der Waals surface area contributed by atoms with Crippen LogP contribution in [0, 0.1) is 5.92 Å². The number of esters is 1. The SMILES string of the molecule is O=C(NO)c1cnc(N2CCC(COC(=O)c3cccc4cn(C5CCCNC5)nc34)CC2)nc1. The molecule has 11 heteroatoms. The summed E-state index contributed by atoms with van der Waals surface area (Å²) >= 11 is 0. The molecule has 2 aliphatic rings. The van der Waals surface area contributed by atoms with Crippen molar-refractivity contribution in [2.24, 2.45) is 5.92 Å². The van der Waals surface area contributed by atoms with Crippen LogP contribution >= 0.6 is 0 Å². The van der Waals surface area contributed by atoms with Gasteiger partial charge in [0.2, 0.25) is 5.95 Å². The summed E-state index contributed by atoms with van der Waals surface area (Å²) < 4.78 is 7.69. The summed E-state index contributed by atoms with van der Waals surface area (Å²) in [5.41, 5.74) is 2.94. The van der Waals surface area contributed by atoms with Crippen molar-refractivity contribution < 1.29 is 19.5 Å². The summed E-state index contributed by atoms with van der Waals surface area (Å²) in [6.07, 6.45) is 8.65. The predicted molar refractivity (Wildman–Crippen MR) is 127 cm³/mol. The van der Waals surface area contributed by atoms with Crippen molar-refractivity contribution in [3.63, 3.8) is 0 Å². The Hall–Kier alpha value is -3.57. The number of rotatable bonds is 6. The first-order valence-corrected chi connectivity index (χ1v) is 12.0. The Morgan fingerprint density at radius 2 is 1.97 bits per heavy atom. The van der Waals surface area contributed by atoms with Gasteiger partial charge in [0.1, 0.15) is 5.52 Å². The van der Waals surface area contributed by atoms with E-state index in [9.17, 15) is 9.59 Å². The van der Waals surface area contributed by atoms with Gasteiger partial charge in [-0.3, -0.25) is 14.7 Å². The number of ether oxygens (including phenoxy) is 1. The number of fused-ring (bicyclic) bond motifs is 1. The molecule has 2 saturated heterocycles. The van der Waals surface area contributed by atoms with E-state index in [1.54, 1.807) is 11.5 Å². The maximum Gasteiger partial charge on any atom is 0.340 e. The van der Waals surface area contributed by atoms with Crippen LogP contribution in [0.15, 0.2) is 36.8 Å². The number of anilines is 1. The molecule has 3 N–H and O–H groups in total. The molecule has 1 amide bonds. The maximum atomic E-state index is 12.9. The average molecular weight is 480 g/mol. The lowest BCUT2D eigenvalue weighted by Gasteiger charge is -2.31. The number of benzene rings is 1. The minimum atomic E-state index is -0.648. The highest BCUT2D eigenvalue weighted by Gasteiger charge is 2.24. The Kier molecular flexibility index (Phi) is 6.87. The lowest BCUT2D eigenvalue weighted by molar-refractivity contribution is 0.0422. The number of hydrogen-bond acceptors (Lipinski definition) is 9. The van der Waals surface area contributed by atoms with Gasteiger partial charge in [-0.1, -0.05) is 12.1 Å². The molecule has 2 fully saturated rings. The van der Waals surface area contributed by atoms with Gasteiger partial charge >= 0.3 is 5.97 Å². The molecule has 0 saturated carbocycles. The molecule has 35 heavy (non-hydrogen) atoms. The van der Waals surface area contributed by atoms with Crippen LogP contribution in [0.4, 0.5) is 5.95 Å². The molecule has 184 valence electrons. The lowest BCUT2D eigenvalue weighted by atomic mass is 9.98. The van der Waals surface area contributed by atoms with Gasteiger partial charge in [0.05, 0.1) is 23.8 Å². The topological polar surface area (TPSA) is 134 Å². The molecule has 0 aliphatic carbocycles. The first-order chi connectivity index (χ1) is 17.1. The van der Waals surface area contributed by atoms with Crippen molar-refractivity contribution in [3.8, 4) is 0 Å². The second-order valence-corrected chi connectivity index (χ2v) is 9.09. The van der Waals surface area contributed by atoms with Crippen molar-refractivity contribution in [2.45, 2.75) is 31.7 Å². The number of aromatic nitrogens is 4. The highest BCUT2D eigenvalue weighted by atomic mass is 16.5. The van der Waals surface area contributed by atoms with Crippen molar-refractivity contribution >= 4 is 28.7 Å². The van der Waals surface area contributed by atoms with Gasteiger partial charge in [-0.25, -0.2) is 20.2 Å². The van der Waals surface area contributed by atoms with Crippen LogP contribution in [0.2, 0.25) is 0 Å². The smallest absolute Gasteiger partial charge is 0.340 e. The third-order valence-corrected chi connectivity index (χ3v) is 6.77. The fourth-order valence-electron chi connectivity index (χ4n) is 4.71. The zero-order chi connectivity index (χ0) is 24.2. The Morgan fingerprint density at radius 3 is 2.69 bits per heavy atom. The van der Waals surface area contributed by atoms with Crippen molar-refractivity contribution in [3.05, 3.63) is 47.9 Å². The Morgan fingerprint density at radius 1 is 1.17 bits per heavy atom. The lowest BCUT2D eigenvalue weighted by Crippen LogP contribution is -2.36. The molecular weight excluding hydrogens is 450 g/mol. The van der Waals surface area contributed by atoms with Gasteiger partial charge in [0, 0.05) is 43.6 Å². The molecule has 2 aliphatic heterocycles. The fraction of sp³-hybridized carbons (Fsp3) is 0.458. The number of nitrogens with zero attached hydrogens (tertiary/aromatic N) is 5. The van der Waals surface area contributed by atoms with Gasteiger partial charge in [0.25, 0.3) is 5.91 Å². The maximum absolute atomic E-state index is 12.9. The van der Waals surface area contributed by atoms with E-state index in [1.807, 2.05) is 27.9 Å². The van der Waals surface area contributed by atoms with Gasteiger partial charge in [-0.05, 0) is 44.2 Å². The Labute approximate surface area is 202 Å². The number of amides is 1. The van der Waals surface area contributed by atoms with E-state index in [4.69, 9.17) is 15.0 Å². The molecule has 11 nitrogen and oxygen atoms in total. The minimum absolute atomic E-state index is 0.188. The average Bonchev–Trinajstić information content (AvgIpc) is 3.37. The molecule has 5 rings (SSSR count).